The average molecular weight is 287 g/mol. The van der Waals surface area contributed by atoms with E-state index in [-0.39, 0.29) is 0 Å². The maximum absolute atomic E-state index is 4.74. The number of anilines is 1. The summed E-state index contributed by atoms with van der Waals surface area (Å²) in [6.07, 6.45) is 6.45. The fraction of sp³-hybridized carbons (Fsp3) is 0.500. The van der Waals surface area contributed by atoms with Crippen LogP contribution in [0.1, 0.15) is 39.0 Å². The van der Waals surface area contributed by atoms with Crippen LogP contribution in [0.5, 0.6) is 0 Å². The summed E-state index contributed by atoms with van der Waals surface area (Å²) in [6.45, 7) is 3.08. The summed E-state index contributed by atoms with van der Waals surface area (Å²) in [5.41, 5.74) is 1.04. The molecule has 1 heterocycles. The number of rotatable bonds is 5. The molecular weight excluding hydrogens is 266 g/mol. The van der Waals surface area contributed by atoms with Crippen molar-refractivity contribution >= 4 is 28.6 Å². The van der Waals surface area contributed by atoms with Crippen molar-refractivity contribution in [3.63, 3.8) is 0 Å². The van der Waals surface area contributed by atoms with E-state index >= 15 is 0 Å². The van der Waals surface area contributed by atoms with Crippen molar-refractivity contribution in [3.05, 3.63) is 24.3 Å². The molecule has 106 valence electrons. The molecule has 1 aliphatic carbocycles. The third-order valence-electron chi connectivity index (χ3n) is 3.68. The molecule has 0 saturated heterocycles. The number of nitrogens with one attached hydrogen (secondary N) is 1. The average Bonchev–Trinajstić information content (AvgIpc) is 2.98. The minimum absolute atomic E-state index is 0.729. The number of hydrogen-bond donors (Lipinski definition) is 1. The predicted molar refractivity (Wildman–Crippen MR) is 86.4 cm³/mol. The number of benzene rings is 1. The SMILES string of the molecule is CCCNc1nc(SC2CCCC2)c2ccccc2n1. The lowest BCUT2D eigenvalue weighted by Gasteiger charge is -2.12. The molecule has 1 aromatic heterocycles. The van der Waals surface area contributed by atoms with Gasteiger partial charge in [-0.3, -0.25) is 0 Å². The monoisotopic (exact) mass is 287 g/mol. The summed E-state index contributed by atoms with van der Waals surface area (Å²) >= 11 is 1.94. The lowest BCUT2D eigenvalue weighted by Crippen LogP contribution is -2.06. The van der Waals surface area contributed by atoms with Crippen molar-refractivity contribution in [1.82, 2.24) is 9.97 Å². The molecule has 1 saturated carbocycles. The van der Waals surface area contributed by atoms with E-state index in [1.54, 1.807) is 0 Å². The number of thioether (sulfide) groups is 1. The van der Waals surface area contributed by atoms with Crippen molar-refractivity contribution in [1.29, 1.82) is 0 Å². The van der Waals surface area contributed by atoms with Crippen LogP contribution in [-0.4, -0.2) is 21.8 Å². The van der Waals surface area contributed by atoms with Crippen molar-refractivity contribution in [2.45, 2.75) is 49.3 Å². The van der Waals surface area contributed by atoms with Crippen molar-refractivity contribution in [2.75, 3.05) is 11.9 Å². The van der Waals surface area contributed by atoms with E-state index in [0.717, 1.165) is 34.7 Å². The van der Waals surface area contributed by atoms with Gasteiger partial charge < -0.3 is 5.32 Å². The van der Waals surface area contributed by atoms with Gasteiger partial charge in [0.1, 0.15) is 5.03 Å². The Bertz CT molecular complexity index is 579. The third kappa shape index (κ3) is 3.06. The summed E-state index contributed by atoms with van der Waals surface area (Å²) in [7, 11) is 0. The van der Waals surface area contributed by atoms with Crippen LogP contribution in [0, 0.1) is 0 Å². The molecule has 0 aliphatic heterocycles. The fourth-order valence-corrected chi connectivity index (χ4v) is 3.94. The lowest BCUT2D eigenvalue weighted by atomic mass is 10.2. The Morgan fingerprint density at radius 3 is 2.80 bits per heavy atom. The highest BCUT2D eigenvalue weighted by molar-refractivity contribution is 8.00. The molecule has 20 heavy (non-hydrogen) atoms. The van der Waals surface area contributed by atoms with Crippen LogP contribution in [0.4, 0.5) is 5.95 Å². The molecule has 1 aromatic carbocycles. The van der Waals surface area contributed by atoms with E-state index < -0.39 is 0 Å². The van der Waals surface area contributed by atoms with E-state index in [1.807, 2.05) is 17.8 Å². The second-order valence-corrected chi connectivity index (χ2v) is 6.61. The van der Waals surface area contributed by atoms with Gasteiger partial charge in [0.25, 0.3) is 0 Å². The van der Waals surface area contributed by atoms with Gasteiger partial charge in [-0.2, -0.15) is 0 Å². The van der Waals surface area contributed by atoms with E-state index in [9.17, 15) is 0 Å². The zero-order valence-electron chi connectivity index (χ0n) is 11.9. The van der Waals surface area contributed by atoms with Crippen molar-refractivity contribution in [2.24, 2.45) is 0 Å². The first-order valence-corrected chi connectivity index (χ1v) is 8.42. The van der Waals surface area contributed by atoms with Gasteiger partial charge in [-0.05, 0) is 25.3 Å². The van der Waals surface area contributed by atoms with Crippen LogP contribution >= 0.6 is 11.8 Å². The van der Waals surface area contributed by atoms with E-state index in [2.05, 4.69) is 35.4 Å². The van der Waals surface area contributed by atoms with Crippen molar-refractivity contribution < 1.29 is 0 Å². The highest BCUT2D eigenvalue weighted by atomic mass is 32.2. The third-order valence-corrected chi connectivity index (χ3v) is 5.02. The molecule has 0 bridgehead atoms. The number of para-hydroxylation sites is 1. The van der Waals surface area contributed by atoms with Crippen LogP contribution in [0.2, 0.25) is 0 Å². The van der Waals surface area contributed by atoms with Crippen LogP contribution in [0.15, 0.2) is 29.3 Å². The topological polar surface area (TPSA) is 37.8 Å². The summed E-state index contributed by atoms with van der Waals surface area (Å²) in [5, 5.41) is 6.37. The molecule has 0 spiro atoms. The Morgan fingerprint density at radius 1 is 1.20 bits per heavy atom. The summed E-state index contributed by atoms with van der Waals surface area (Å²) in [6, 6.07) is 8.33. The van der Waals surface area contributed by atoms with Gasteiger partial charge >= 0.3 is 0 Å². The maximum atomic E-state index is 4.74. The van der Waals surface area contributed by atoms with E-state index in [4.69, 9.17) is 4.98 Å². The normalized spacial score (nSPS) is 15.8. The lowest BCUT2D eigenvalue weighted by molar-refractivity contribution is 0.886. The summed E-state index contributed by atoms with van der Waals surface area (Å²) in [5.74, 6) is 0.769. The number of hydrogen-bond acceptors (Lipinski definition) is 4. The highest BCUT2D eigenvalue weighted by Crippen LogP contribution is 2.37. The summed E-state index contributed by atoms with van der Waals surface area (Å²) in [4.78, 5) is 9.36. The molecule has 1 fully saturated rings. The molecule has 3 rings (SSSR count). The molecule has 0 amide bonds. The first-order valence-electron chi connectivity index (χ1n) is 7.54. The molecule has 3 nitrogen and oxygen atoms in total. The smallest absolute Gasteiger partial charge is 0.224 e. The van der Waals surface area contributed by atoms with Gasteiger partial charge in [0.15, 0.2) is 0 Å². The van der Waals surface area contributed by atoms with Gasteiger partial charge in [-0.1, -0.05) is 38.0 Å². The first-order chi connectivity index (χ1) is 9.86. The first kappa shape index (κ1) is 13.7. The predicted octanol–water partition coefficient (Wildman–Crippen LogP) is 4.49. The Kier molecular flexibility index (Phi) is 4.41. The largest absolute Gasteiger partial charge is 0.354 e. The van der Waals surface area contributed by atoms with Gasteiger partial charge in [-0.25, -0.2) is 9.97 Å². The highest BCUT2D eigenvalue weighted by Gasteiger charge is 2.18. The second kappa shape index (κ2) is 6.44. The molecular formula is C16H21N3S. The van der Waals surface area contributed by atoms with Crippen molar-refractivity contribution in [3.8, 4) is 0 Å². The fourth-order valence-electron chi connectivity index (χ4n) is 2.62. The number of fused-ring (bicyclic) bond motifs is 1. The molecule has 1 N–H and O–H groups in total. The Balaban J connectivity index is 1.93. The number of aromatic nitrogens is 2. The van der Waals surface area contributed by atoms with Gasteiger partial charge in [-0.15, -0.1) is 11.8 Å². The Morgan fingerprint density at radius 2 is 2.00 bits per heavy atom. The van der Waals surface area contributed by atoms with Gasteiger partial charge in [0.2, 0.25) is 5.95 Å². The molecule has 1 aliphatic rings. The van der Waals surface area contributed by atoms with Gasteiger partial charge in [0, 0.05) is 17.2 Å². The van der Waals surface area contributed by atoms with Crippen LogP contribution in [0.3, 0.4) is 0 Å². The van der Waals surface area contributed by atoms with E-state index in [1.165, 1.54) is 31.1 Å². The Hall–Kier alpha value is -1.29. The second-order valence-electron chi connectivity index (χ2n) is 5.32. The quantitative estimate of drug-likeness (QED) is 0.822. The minimum atomic E-state index is 0.729. The Labute approximate surface area is 124 Å². The molecule has 0 unspecified atom stereocenters. The molecule has 0 radical (unpaired) electrons. The van der Waals surface area contributed by atoms with Crippen LogP contribution in [0.25, 0.3) is 10.9 Å². The number of nitrogens with zero attached hydrogens (tertiary/aromatic N) is 2. The maximum Gasteiger partial charge on any atom is 0.224 e. The van der Waals surface area contributed by atoms with E-state index in [0.29, 0.717) is 0 Å². The van der Waals surface area contributed by atoms with Gasteiger partial charge in [0.05, 0.1) is 5.52 Å². The zero-order valence-corrected chi connectivity index (χ0v) is 12.7. The molecule has 4 heteroatoms. The van der Waals surface area contributed by atoms with Crippen LogP contribution in [-0.2, 0) is 0 Å². The molecule has 0 atom stereocenters. The zero-order chi connectivity index (χ0) is 13.8. The van der Waals surface area contributed by atoms with Crippen LogP contribution < -0.4 is 5.32 Å². The molecule has 2 aromatic rings. The minimum Gasteiger partial charge on any atom is -0.354 e. The standard InChI is InChI=1S/C16H21N3S/c1-2-11-17-16-18-14-10-6-5-9-13(14)15(19-16)20-12-7-3-4-8-12/h5-6,9-10,12H,2-4,7-8,11H2,1H3,(H,17,18,19). The summed E-state index contributed by atoms with van der Waals surface area (Å²) < 4.78 is 0.